The van der Waals surface area contributed by atoms with Crippen molar-refractivity contribution in [3.63, 3.8) is 0 Å². The molecule has 0 saturated carbocycles. The van der Waals surface area contributed by atoms with Gasteiger partial charge in [0.2, 0.25) is 0 Å². The number of amides is 1. The molecule has 3 heterocycles. The van der Waals surface area contributed by atoms with Crippen molar-refractivity contribution < 1.29 is 22.7 Å². The fraction of sp³-hybridized carbons (Fsp3) is 0.647. The summed E-state index contributed by atoms with van der Waals surface area (Å²) in [6, 6.07) is 3.31. The first-order valence-corrected chi connectivity index (χ1v) is 11.2. The average molecular weight is 416 g/mol. The zero-order valence-electron chi connectivity index (χ0n) is 15.8. The summed E-state index contributed by atoms with van der Waals surface area (Å²) in [5, 5.41) is 0. The van der Waals surface area contributed by atoms with Crippen LogP contribution in [0.25, 0.3) is 0 Å². The van der Waals surface area contributed by atoms with Crippen molar-refractivity contribution in [1.82, 2.24) is 13.5 Å². The first-order chi connectivity index (χ1) is 12.7. The van der Waals surface area contributed by atoms with Gasteiger partial charge in [-0.25, -0.2) is 0 Å². The molecule has 8 nitrogen and oxygen atoms in total. The summed E-state index contributed by atoms with van der Waals surface area (Å²) in [6.45, 7) is 7.08. The minimum absolute atomic E-state index is 0.0658. The molecule has 1 aromatic rings. The van der Waals surface area contributed by atoms with Gasteiger partial charge in [-0.15, -0.1) is 11.3 Å². The van der Waals surface area contributed by atoms with E-state index in [4.69, 9.17) is 4.74 Å². The van der Waals surface area contributed by atoms with Crippen LogP contribution in [-0.4, -0.2) is 85.1 Å². The molecule has 0 aromatic carbocycles. The first kappa shape index (κ1) is 20.4. The predicted octanol–water partition coefficient (Wildman–Crippen LogP) is 1.06. The smallest absolute Gasteiger partial charge is 0.282 e. The second-order valence-corrected chi connectivity index (χ2v) is 10.0. The zero-order valence-corrected chi connectivity index (χ0v) is 17.4. The van der Waals surface area contributed by atoms with Crippen molar-refractivity contribution in [2.45, 2.75) is 33.0 Å². The molecule has 0 aliphatic carbocycles. The van der Waals surface area contributed by atoms with Crippen molar-refractivity contribution in [2.24, 2.45) is 0 Å². The van der Waals surface area contributed by atoms with Crippen LogP contribution in [0.1, 0.15) is 40.1 Å². The van der Waals surface area contributed by atoms with Crippen LogP contribution in [0.4, 0.5) is 0 Å². The number of hydrogen-bond acceptors (Lipinski definition) is 6. The number of rotatable bonds is 4. The summed E-state index contributed by atoms with van der Waals surface area (Å²) in [5.74, 6) is -0.220. The Bertz CT molecular complexity index is 804. The highest BCUT2D eigenvalue weighted by atomic mass is 32.2. The van der Waals surface area contributed by atoms with Crippen LogP contribution in [0.3, 0.4) is 0 Å². The van der Waals surface area contributed by atoms with Gasteiger partial charge in [0.15, 0.2) is 5.78 Å². The Kier molecular flexibility index (Phi) is 6.02. The lowest BCUT2D eigenvalue weighted by atomic mass is 10.3. The molecule has 1 amide bonds. The number of hydrogen-bond donors (Lipinski definition) is 0. The summed E-state index contributed by atoms with van der Waals surface area (Å²) < 4.78 is 34.4. The lowest BCUT2D eigenvalue weighted by Crippen LogP contribution is -2.57. The van der Waals surface area contributed by atoms with E-state index in [9.17, 15) is 18.0 Å². The van der Waals surface area contributed by atoms with Gasteiger partial charge in [0.05, 0.1) is 22.0 Å². The lowest BCUT2D eigenvalue weighted by molar-refractivity contribution is -0.0457. The van der Waals surface area contributed by atoms with Crippen molar-refractivity contribution in [3.8, 4) is 0 Å². The van der Waals surface area contributed by atoms with E-state index in [1.165, 1.54) is 26.9 Å². The number of nitrogens with zero attached hydrogens (tertiary/aromatic N) is 3. The summed E-state index contributed by atoms with van der Waals surface area (Å²) >= 11 is 1.18. The van der Waals surface area contributed by atoms with Crippen LogP contribution >= 0.6 is 11.3 Å². The van der Waals surface area contributed by atoms with E-state index < -0.39 is 10.2 Å². The minimum atomic E-state index is -3.57. The molecule has 0 N–H and O–H groups in total. The highest BCUT2D eigenvalue weighted by molar-refractivity contribution is 7.86. The number of ketones is 1. The maximum atomic E-state index is 12.9. The maximum Gasteiger partial charge on any atom is 0.282 e. The van der Waals surface area contributed by atoms with Gasteiger partial charge in [0.1, 0.15) is 0 Å². The minimum Gasteiger partial charge on any atom is -0.373 e. The Morgan fingerprint density at radius 1 is 1.00 bits per heavy atom. The van der Waals surface area contributed by atoms with Gasteiger partial charge in [0, 0.05) is 39.3 Å². The fourth-order valence-electron chi connectivity index (χ4n) is 3.40. The molecule has 2 aliphatic rings. The van der Waals surface area contributed by atoms with Crippen LogP contribution in [0.5, 0.6) is 0 Å². The van der Waals surface area contributed by atoms with Gasteiger partial charge >= 0.3 is 0 Å². The number of carbonyl (C=O) groups is 2. The molecular formula is C17H25N3O5S2. The summed E-state index contributed by atoms with van der Waals surface area (Å²) in [4.78, 5) is 26.7. The molecular weight excluding hydrogens is 390 g/mol. The first-order valence-electron chi connectivity index (χ1n) is 8.99. The molecule has 27 heavy (non-hydrogen) atoms. The molecule has 0 radical (unpaired) electrons. The number of Topliss-reactive ketones (excluding diaryl/α,β-unsaturated/α-hetero) is 1. The Balaban J connectivity index is 1.62. The van der Waals surface area contributed by atoms with Crippen LogP contribution in [0, 0.1) is 0 Å². The molecule has 150 valence electrons. The number of ether oxygens (including phenoxy) is 1. The summed E-state index contributed by atoms with van der Waals surface area (Å²) in [6.07, 6.45) is -0.276. The van der Waals surface area contributed by atoms with Crippen molar-refractivity contribution >= 4 is 33.2 Å². The molecule has 2 atom stereocenters. The number of thiophene rings is 1. The highest BCUT2D eigenvalue weighted by Crippen LogP contribution is 2.22. The molecule has 2 fully saturated rings. The fourth-order valence-corrected chi connectivity index (χ4v) is 6.02. The lowest BCUT2D eigenvalue weighted by Gasteiger charge is -2.40. The van der Waals surface area contributed by atoms with E-state index in [1.54, 1.807) is 17.0 Å². The van der Waals surface area contributed by atoms with E-state index in [0.717, 1.165) is 0 Å². The van der Waals surface area contributed by atoms with Gasteiger partial charge in [-0.2, -0.15) is 17.0 Å². The molecule has 0 bridgehead atoms. The maximum absolute atomic E-state index is 12.9. The van der Waals surface area contributed by atoms with Crippen LogP contribution in [-0.2, 0) is 14.9 Å². The molecule has 2 saturated heterocycles. The topological polar surface area (TPSA) is 87.2 Å². The van der Waals surface area contributed by atoms with Gasteiger partial charge in [-0.3, -0.25) is 9.59 Å². The van der Waals surface area contributed by atoms with Crippen LogP contribution in [0.2, 0.25) is 0 Å². The standard InChI is InChI=1S/C17H25N3O5S2/c1-12-10-20(11-13(2)25-12)27(23,24)19-8-6-18(7-9-19)17(22)16-5-4-15(26-16)14(3)21/h4-5,12-13H,6-11H2,1-3H3/t12-,13-/m1/s1. The Labute approximate surface area is 163 Å². The predicted molar refractivity (Wildman–Crippen MR) is 102 cm³/mol. The molecule has 3 rings (SSSR count). The van der Waals surface area contributed by atoms with Crippen LogP contribution in [0.15, 0.2) is 12.1 Å². The normalized spacial score (nSPS) is 25.5. The Hall–Kier alpha value is -1.33. The number of morpholine rings is 1. The largest absolute Gasteiger partial charge is 0.373 e. The summed E-state index contributed by atoms with van der Waals surface area (Å²) in [5.41, 5.74) is 0. The number of carbonyl (C=O) groups excluding carboxylic acids is 2. The second-order valence-electron chi connectivity index (χ2n) is 6.99. The van der Waals surface area contributed by atoms with Gasteiger partial charge in [-0.05, 0) is 32.9 Å². The van der Waals surface area contributed by atoms with E-state index in [1.807, 2.05) is 13.8 Å². The van der Waals surface area contributed by atoms with E-state index >= 15 is 0 Å². The third-order valence-electron chi connectivity index (χ3n) is 4.73. The SMILES string of the molecule is CC(=O)c1ccc(C(=O)N2CCN(S(=O)(=O)N3C[C@@H](C)O[C@H](C)C3)CC2)s1. The Morgan fingerprint density at radius 2 is 1.56 bits per heavy atom. The van der Waals surface area contributed by atoms with Crippen molar-refractivity contribution in [1.29, 1.82) is 0 Å². The van der Waals surface area contributed by atoms with Crippen molar-refractivity contribution in [2.75, 3.05) is 39.3 Å². The molecule has 2 aliphatic heterocycles. The highest BCUT2D eigenvalue weighted by Gasteiger charge is 2.37. The third kappa shape index (κ3) is 4.40. The van der Waals surface area contributed by atoms with Gasteiger partial charge in [-0.1, -0.05) is 0 Å². The molecule has 0 spiro atoms. The monoisotopic (exact) mass is 415 g/mol. The van der Waals surface area contributed by atoms with Crippen LogP contribution < -0.4 is 0 Å². The average Bonchev–Trinajstić information content (AvgIpc) is 3.11. The van der Waals surface area contributed by atoms with E-state index in [-0.39, 0.29) is 37.0 Å². The quantitative estimate of drug-likeness (QED) is 0.687. The molecule has 10 heteroatoms. The second kappa shape index (κ2) is 7.96. The Morgan fingerprint density at radius 3 is 2.07 bits per heavy atom. The zero-order chi connectivity index (χ0) is 19.8. The van der Waals surface area contributed by atoms with Crippen molar-refractivity contribution in [3.05, 3.63) is 21.9 Å². The van der Waals surface area contributed by atoms with Gasteiger partial charge < -0.3 is 9.64 Å². The van der Waals surface area contributed by atoms with Gasteiger partial charge in [0.25, 0.3) is 16.1 Å². The molecule has 0 unspecified atom stereocenters. The molecule has 1 aromatic heterocycles. The number of piperazine rings is 1. The summed E-state index contributed by atoms with van der Waals surface area (Å²) in [7, 11) is -3.57. The van der Waals surface area contributed by atoms with E-state index in [0.29, 0.717) is 35.9 Å². The van der Waals surface area contributed by atoms with E-state index in [2.05, 4.69) is 0 Å². The third-order valence-corrected chi connectivity index (χ3v) is 7.87.